The van der Waals surface area contributed by atoms with E-state index in [4.69, 9.17) is 0 Å². The lowest BCUT2D eigenvalue weighted by Gasteiger charge is -2.40. The predicted molar refractivity (Wildman–Crippen MR) is 83.4 cm³/mol. The van der Waals surface area contributed by atoms with Gasteiger partial charge in [-0.1, -0.05) is 20.8 Å². The van der Waals surface area contributed by atoms with Crippen molar-refractivity contribution in [3.05, 3.63) is 0 Å². The van der Waals surface area contributed by atoms with Crippen LogP contribution in [0.1, 0.15) is 59.3 Å². The van der Waals surface area contributed by atoms with Crippen LogP contribution >= 0.6 is 0 Å². The lowest BCUT2D eigenvalue weighted by Crippen LogP contribution is -2.46. The molecule has 1 saturated heterocycles. The summed E-state index contributed by atoms with van der Waals surface area (Å²) in [5.41, 5.74) is 0. The van der Waals surface area contributed by atoms with Crippen LogP contribution in [0, 0.1) is 17.8 Å². The Bertz CT molecular complexity index is 264. The van der Waals surface area contributed by atoms with Crippen LogP contribution in [0.2, 0.25) is 0 Å². The topological polar surface area (TPSA) is 15.3 Å². The minimum absolute atomic E-state index is 0.758. The van der Waals surface area contributed by atoms with Crippen molar-refractivity contribution in [3.8, 4) is 0 Å². The Hall–Kier alpha value is -0.0800. The Morgan fingerprint density at radius 3 is 2.63 bits per heavy atom. The number of nitrogens with one attached hydrogen (secondary N) is 1. The van der Waals surface area contributed by atoms with Crippen LogP contribution in [0.3, 0.4) is 0 Å². The van der Waals surface area contributed by atoms with Gasteiger partial charge in [0.05, 0.1) is 0 Å². The fourth-order valence-electron chi connectivity index (χ4n) is 4.39. The average Bonchev–Trinajstić information content (AvgIpc) is 2.85. The van der Waals surface area contributed by atoms with Gasteiger partial charge in [-0.3, -0.25) is 0 Å². The Morgan fingerprint density at radius 2 is 2.00 bits per heavy atom. The third-order valence-corrected chi connectivity index (χ3v) is 5.78. The van der Waals surface area contributed by atoms with Crippen molar-refractivity contribution in [2.24, 2.45) is 17.8 Å². The van der Waals surface area contributed by atoms with E-state index in [-0.39, 0.29) is 0 Å². The maximum atomic E-state index is 3.59. The first-order valence-corrected chi connectivity index (χ1v) is 8.57. The van der Waals surface area contributed by atoms with Crippen molar-refractivity contribution in [1.29, 1.82) is 0 Å². The number of hydrogen-bond acceptors (Lipinski definition) is 2. The molecule has 2 fully saturated rings. The molecule has 2 heteroatoms. The molecule has 19 heavy (non-hydrogen) atoms. The molecule has 0 amide bonds. The van der Waals surface area contributed by atoms with E-state index in [2.05, 4.69) is 38.0 Å². The minimum atomic E-state index is 0.758. The normalized spacial score (nSPS) is 37.1. The zero-order chi connectivity index (χ0) is 13.8. The standard InChI is InChI=1S/C17H34N2/c1-5-16-7-6-10-19(16)12-15-11-14(13(2)3)8-9-17(15)18-4/h13-18H,5-12H2,1-4H3. The van der Waals surface area contributed by atoms with Gasteiger partial charge in [0.15, 0.2) is 0 Å². The maximum absolute atomic E-state index is 3.59. The summed E-state index contributed by atoms with van der Waals surface area (Å²) in [4.78, 5) is 2.79. The first kappa shape index (κ1) is 15.3. The van der Waals surface area contributed by atoms with E-state index in [0.717, 1.165) is 29.8 Å². The number of nitrogens with zero attached hydrogens (tertiary/aromatic N) is 1. The second-order valence-electron chi connectivity index (χ2n) is 7.17. The highest BCUT2D eigenvalue weighted by Crippen LogP contribution is 2.35. The molecule has 2 nitrogen and oxygen atoms in total. The van der Waals surface area contributed by atoms with E-state index in [1.807, 2.05) is 0 Å². The van der Waals surface area contributed by atoms with Gasteiger partial charge in [-0.15, -0.1) is 0 Å². The maximum Gasteiger partial charge on any atom is 0.0105 e. The van der Waals surface area contributed by atoms with Crippen LogP contribution in [-0.2, 0) is 0 Å². The summed E-state index contributed by atoms with van der Waals surface area (Å²) in [5, 5.41) is 3.59. The van der Waals surface area contributed by atoms with Crippen molar-refractivity contribution in [3.63, 3.8) is 0 Å². The summed E-state index contributed by atoms with van der Waals surface area (Å²) in [7, 11) is 2.16. The zero-order valence-corrected chi connectivity index (χ0v) is 13.5. The summed E-state index contributed by atoms with van der Waals surface area (Å²) in [6.07, 6.45) is 8.44. The molecule has 2 rings (SSSR count). The molecule has 4 atom stereocenters. The summed E-state index contributed by atoms with van der Waals surface area (Å²) in [6.45, 7) is 9.86. The SMILES string of the molecule is CCC1CCCN1CC1CC(C(C)C)CCC1NC. The molecule has 1 heterocycles. The van der Waals surface area contributed by atoms with E-state index in [9.17, 15) is 0 Å². The molecule has 2 aliphatic rings. The smallest absolute Gasteiger partial charge is 0.0105 e. The van der Waals surface area contributed by atoms with E-state index >= 15 is 0 Å². The summed E-state index contributed by atoms with van der Waals surface area (Å²) in [5.74, 6) is 2.69. The largest absolute Gasteiger partial charge is 0.317 e. The molecule has 1 aliphatic carbocycles. The van der Waals surface area contributed by atoms with E-state index in [0.29, 0.717) is 0 Å². The first-order valence-electron chi connectivity index (χ1n) is 8.57. The van der Waals surface area contributed by atoms with Crippen LogP contribution in [0.5, 0.6) is 0 Å². The van der Waals surface area contributed by atoms with Crippen molar-refractivity contribution >= 4 is 0 Å². The van der Waals surface area contributed by atoms with Gasteiger partial charge >= 0.3 is 0 Å². The second kappa shape index (κ2) is 7.08. The fourth-order valence-corrected chi connectivity index (χ4v) is 4.39. The molecule has 1 saturated carbocycles. The molecule has 0 aromatic rings. The summed E-state index contributed by atoms with van der Waals surface area (Å²) in [6, 6.07) is 1.63. The molecule has 0 bridgehead atoms. The number of hydrogen-bond donors (Lipinski definition) is 1. The third kappa shape index (κ3) is 3.72. The van der Waals surface area contributed by atoms with Crippen molar-refractivity contribution in [1.82, 2.24) is 10.2 Å². The molecule has 112 valence electrons. The molecule has 4 unspecified atom stereocenters. The molecule has 1 N–H and O–H groups in total. The molecular formula is C17H34N2. The Balaban J connectivity index is 1.94. The molecule has 0 spiro atoms. The number of rotatable bonds is 5. The first-order chi connectivity index (χ1) is 9.15. The minimum Gasteiger partial charge on any atom is -0.317 e. The Kier molecular flexibility index (Phi) is 5.70. The summed E-state index contributed by atoms with van der Waals surface area (Å²) >= 11 is 0. The van der Waals surface area contributed by atoms with Crippen molar-refractivity contribution in [2.45, 2.75) is 71.4 Å². The van der Waals surface area contributed by atoms with Crippen LogP contribution in [-0.4, -0.2) is 37.1 Å². The van der Waals surface area contributed by atoms with Gasteiger partial charge in [-0.25, -0.2) is 0 Å². The Labute approximate surface area is 120 Å². The third-order valence-electron chi connectivity index (χ3n) is 5.78. The van der Waals surface area contributed by atoms with Crippen LogP contribution in [0.25, 0.3) is 0 Å². The van der Waals surface area contributed by atoms with Crippen molar-refractivity contribution in [2.75, 3.05) is 20.1 Å². The quantitative estimate of drug-likeness (QED) is 0.819. The highest BCUT2D eigenvalue weighted by atomic mass is 15.2. The molecule has 0 aromatic heterocycles. The highest BCUT2D eigenvalue weighted by molar-refractivity contribution is 4.89. The monoisotopic (exact) mass is 266 g/mol. The van der Waals surface area contributed by atoms with Gasteiger partial charge in [0, 0.05) is 18.6 Å². The molecule has 0 aromatic carbocycles. The predicted octanol–water partition coefficient (Wildman–Crippen LogP) is 3.52. The van der Waals surface area contributed by atoms with Gasteiger partial charge in [0.1, 0.15) is 0 Å². The fraction of sp³-hybridized carbons (Fsp3) is 1.00. The second-order valence-corrected chi connectivity index (χ2v) is 7.17. The van der Waals surface area contributed by atoms with Crippen LogP contribution < -0.4 is 5.32 Å². The van der Waals surface area contributed by atoms with Crippen molar-refractivity contribution < 1.29 is 0 Å². The van der Waals surface area contributed by atoms with Crippen LogP contribution in [0.4, 0.5) is 0 Å². The lowest BCUT2D eigenvalue weighted by atomic mass is 9.73. The Morgan fingerprint density at radius 1 is 1.21 bits per heavy atom. The molecule has 1 aliphatic heterocycles. The number of likely N-dealkylation sites (tertiary alicyclic amines) is 1. The van der Waals surface area contributed by atoms with E-state index in [1.165, 1.54) is 51.6 Å². The van der Waals surface area contributed by atoms with E-state index < -0.39 is 0 Å². The van der Waals surface area contributed by atoms with Gasteiger partial charge < -0.3 is 10.2 Å². The van der Waals surface area contributed by atoms with Gasteiger partial charge in [-0.05, 0) is 69.9 Å². The lowest BCUT2D eigenvalue weighted by molar-refractivity contribution is 0.117. The van der Waals surface area contributed by atoms with E-state index in [1.54, 1.807) is 0 Å². The van der Waals surface area contributed by atoms with Gasteiger partial charge in [0.2, 0.25) is 0 Å². The summed E-state index contributed by atoms with van der Waals surface area (Å²) < 4.78 is 0. The molecule has 0 radical (unpaired) electrons. The van der Waals surface area contributed by atoms with Crippen LogP contribution in [0.15, 0.2) is 0 Å². The average molecular weight is 266 g/mol. The van der Waals surface area contributed by atoms with Gasteiger partial charge in [-0.2, -0.15) is 0 Å². The highest BCUT2D eigenvalue weighted by Gasteiger charge is 2.34. The molecular weight excluding hydrogens is 232 g/mol. The zero-order valence-electron chi connectivity index (χ0n) is 13.5. The van der Waals surface area contributed by atoms with Gasteiger partial charge in [0.25, 0.3) is 0 Å².